The number of hydrogen-bond acceptors (Lipinski definition) is 4. The third-order valence-electron chi connectivity index (χ3n) is 15.2. The van der Waals surface area contributed by atoms with Gasteiger partial charge in [-0.15, -0.1) is 0 Å². The van der Waals surface area contributed by atoms with Crippen LogP contribution in [-0.4, -0.2) is 64.2 Å². The number of ether oxygens (including phenoxy) is 3. The first kappa shape index (κ1) is 45.0. The van der Waals surface area contributed by atoms with Gasteiger partial charge in [0.05, 0.1) is 25.4 Å². The first-order valence-corrected chi connectivity index (χ1v) is 23.4. The number of fused-ring (bicyclic) bond motifs is 5. The molecule has 0 spiro atoms. The van der Waals surface area contributed by atoms with Crippen molar-refractivity contribution in [3.8, 4) is 0 Å². The van der Waals surface area contributed by atoms with E-state index in [1.165, 1.54) is 122 Å². The molecule has 4 heteroatoms. The SMILES string of the molecule is CCCCC/C=C\CCCOC[C@@H](COCCCCCCCOC1CC[C@@]2(C)C(=CC[C@H]3[C@@H]4CC[C@H]([C@H](C)CCCC(C)C)[C@@]4(C)CC[C@@H]32)C1)N(C)C. The minimum atomic E-state index is 0.330. The largest absolute Gasteiger partial charge is 0.380 e. The first-order valence-electron chi connectivity index (χ1n) is 23.4. The Kier molecular flexibility index (Phi) is 20.0. The molecule has 53 heavy (non-hydrogen) atoms. The highest BCUT2D eigenvalue weighted by molar-refractivity contribution is 5.25. The van der Waals surface area contributed by atoms with Gasteiger partial charge in [-0.1, -0.05) is 117 Å². The van der Waals surface area contributed by atoms with Crippen LogP contribution in [0.1, 0.15) is 183 Å². The van der Waals surface area contributed by atoms with Crippen molar-refractivity contribution in [1.29, 1.82) is 0 Å². The molecule has 4 aliphatic rings. The summed E-state index contributed by atoms with van der Waals surface area (Å²) in [5.41, 5.74) is 2.79. The van der Waals surface area contributed by atoms with Crippen molar-refractivity contribution in [2.75, 3.05) is 47.1 Å². The molecule has 0 aliphatic heterocycles. The van der Waals surface area contributed by atoms with Crippen molar-refractivity contribution in [2.45, 2.75) is 195 Å². The summed E-state index contributed by atoms with van der Waals surface area (Å²) in [4.78, 5) is 2.24. The van der Waals surface area contributed by atoms with Gasteiger partial charge >= 0.3 is 0 Å². The Bertz CT molecular complexity index is 1050. The molecule has 4 nitrogen and oxygen atoms in total. The van der Waals surface area contributed by atoms with Crippen molar-refractivity contribution >= 4 is 0 Å². The van der Waals surface area contributed by atoms with Gasteiger partial charge < -0.3 is 19.1 Å². The van der Waals surface area contributed by atoms with Crippen LogP contribution in [0.5, 0.6) is 0 Å². The van der Waals surface area contributed by atoms with Crippen LogP contribution in [0.3, 0.4) is 0 Å². The molecule has 0 radical (unpaired) electrons. The average Bonchev–Trinajstić information content (AvgIpc) is 3.49. The molecule has 0 amide bonds. The Balaban J connectivity index is 1.05. The predicted molar refractivity (Wildman–Crippen MR) is 227 cm³/mol. The number of nitrogens with zero attached hydrogens (tertiary/aromatic N) is 1. The topological polar surface area (TPSA) is 30.9 Å². The van der Waals surface area contributed by atoms with E-state index in [2.05, 4.69) is 78.8 Å². The van der Waals surface area contributed by atoms with Gasteiger partial charge in [-0.2, -0.15) is 0 Å². The Morgan fingerprint density at radius 2 is 1.45 bits per heavy atom. The van der Waals surface area contributed by atoms with Gasteiger partial charge in [-0.3, -0.25) is 0 Å². The summed E-state index contributed by atoms with van der Waals surface area (Å²) >= 11 is 0. The van der Waals surface area contributed by atoms with Crippen LogP contribution in [0.2, 0.25) is 0 Å². The highest BCUT2D eigenvalue weighted by Crippen LogP contribution is 2.67. The molecular weight excluding hydrogens is 651 g/mol. The standard InChI is InChI=1S/C49H89NO3/c1-9-10-11-12-13-14-16-19-33-51-37-42(50(7)8)38-52-34-20-17-15-18-21-35-53-43-29-31-48(5)41(36-43)25-26-44-46-28-27-45(40(4)24-22-23-39(2)3)49(46,6)32-30-47(44)48/h13-14,25,39-40,42-47H,9-12,15-24,26-38H2,1-8H3/b14-13-/t40-,42+,43?,44+,45-,46+,47+,48+,49-/m1/s1. The molecule has 3 fully saturated rings. The number of hydrogen-bond donors (Lipinski definition) is 0. The Morgan fingerprint density at radius 1 is 0.755 bits per heavy atom. The van der Waals surface area contributed by atoms with Gasteiger partial charge in [0, 0.05) is 19.8 Å². The second-order valence-corrected chi connectivity index (χ2v) is 19.7. The number of rotatable bonds is 27. The maximum atomic E-state index is 6.57. The minimum Gasteiger partial charge on any atom is -0.380 e. The summed E-state index contributed by atoms with van der Waals surface area (Å²) in [6.07, 6.45) is 36.8. The fourth-order valence-electron chi connectivity index (χ4n) is 11.7. The van der Waals surface area contributed by atoms with Crippen LogP contribution >= 0.6 is 0 Å². The molecular formula is C49H89NO3. The summed E-state index contributed by atoms with van der Waals surface area (Å²) < 4.78 is 18.7. The number of likely N-dealkylation sites (N-methyl/N-ethyl adjacent to an activating group) is 1. The molecule has 0 bridgehead atoms. The van der Waals surface area contributed by atoms with E-state index in [0.717, 1.165) is 87.8 Å². The predicted octanol–water partition coefficient (Wildman–Crippen LogP) is 13.2. The van der Waals surface area contributed by atoms with E-state index in [1.54, 1.807) is 5.57 Å². The number of allylic oxidation sites excluding steroid dienone is 3. The number of unbranched alkanes of at least 4 members (excludes halogenated alkanes) is 8. The fourth-order valence-corrected chi connectivity index (χ4v) is 11.7. The Morgan fingerprint density at radius 3 is 2.17 bits per heavy atom. The molecule has 4 rings (SSSR count). The van der Waals surface area contributed by atoms with Gasteiger partial charge in [0.1, 0.15) is 0 Å². The molecule has 308 valence electrons. The quantitative estimate of drug-likeness (QED) is 0.0620. The average molecular weight is 740 g/mol. The summed E-state index contributed by atoms with van der Waals surface area (Å²) in [5.74, 6) is 5.49. The van der Waals surface area contributed by atoms with Crippen molar-refractivity contribution in [2.24, 2.45) is 46.3 Å². The van der Waals surface area contributed by atoms with Crippen molar-refractivity contribution in [3.05, 3.63) is 23.8 Å². The van der Waals surface area contributed by atoms with E-state index in [9.17, 15) is 0 Å². The van der Waals surface area contributed by atoms with E-state index in [4.69, 9.17) is 14.2 Å². The third-order valence-corrected chi connectivity index (χ3v) is 15.2. The third kappa shape index (κ3) is 13.5. The summed E-state index contributed by atoms with van der Waals surface area (Å²) in [5, 5.41) is 0. The molecule has 0 aromatic carbocycles. The summed E-state index contributed by atoms with van der Waals surface area (Å²) in [6.45, 7) is 19.2. The summed E-state index contributed by atoms with van der Waals surface area (Å²) in [7, 11) is 4.27. The zero-order valence-electron chi connectivity index (χ0n) is 36.6. The highest BCUT2D eigenvalue weighted by atomic mass is 16.5. The van der Waals surface area contributed by atoms with Crippen LogP contribution in [0.4, 0.5) is 0 Å². The monoisotopic (exact) mass is 740 g/mol. The first-order chi connectivity index (χ1) is 25.6. The van der Waals surface area contributed by atoms with E-state index < -0.39 is 0 Å². The van der Waals surface area contributed by atoms with Gasteiger partial charge in [-0.25, -0.2) is 0 Å². The minimum absolute atomic E-state index is 0.330. The zero-order valence-corrected chi connectivity index (χ0v) is 36.6. The highest BCUT2D eigenvalue weighted by Gasteiger charge is 2.59. The molecule has 0 aromatic heterocycles. The van der Waals surface area contributed by atoms with Crippen LogP contribution in [0.25, 0.3) is 0 Å². The van der Waals surface area contributed by atoms with Crippen LogP contribution in [0, 0.1) is 46.3 Å². The smallest absolute Gasteiger partial charge is 0.0644 e. The van der Waals surface area contributed by atoms with Gasteiger partial charge in [-0.05, 0) is 150 Å². The van der Waals surface area contributed by atoms with Gasteiger partial charge in [0.15, 0.2) is 0 Å². The lowest BCUT2D eigenvalue weighted by Gasteiger charge is -2.58. The Hall–Kier alpha value is -0.680. The normalized spacial score (nSPS) is 31.1. The van der Waals surface area contributed by atoms with Crippen molar-refractivity contribution in [3.63, 3.8) is 0 Å². The van der Waals surface area contributed by atoms with Gasteiger partial charge in [0.2, 0.25) is 0 Å². The van der Waals surface area contributed by atoms with Crippen molar-refractivity contribution < 1.29 is 14.2 Å². The Labute approximate surface area is 330 Å². The zero-order chi connectivity index (χ0) is 38.1. The second-order valence-electron chi connectivity index (χ2n) is 19.7. The molecule has 0 saturated heterocycles. The molecule has 4 aliphatic carbocycles. The van der Waals surface area contributed by atoms with E-state index >= 15 is 0 Å². The lowest BCUT2D eigenvalue weighted by atomic mass is 9.47. The van der Waals surface area contributed by atoms with Crippen molar-refractivity contribution in [1.82, 2.24) is 4.90 Å². The maximum Gasteiger partial charge on any atom is 0.0644 e. The molecule has 0 N–H and O–H groups in total. The van der Waals surface area contributed by atoms with E-state index in [-0.39, 0.29) is 0 Å². The molecule has 0 aromatic rings. The molecule has 3 saturated carbocycles. The lowest BCUT2D eigenvalue weighted by Crippen LogP contribution is -2.51. The summed E-state index contributed by atoms with van der Waals surface area (Å²) in [6, 6.07) is 0.330. The molecule has 1 unspecified atom stereocenters. The van der Waals surface area contributed by atoms with E-state index in [0.29, 0.717) is 23.0 Å². The fraction of sp³-hybridized carbons (Fsp3) is 0.918. The van der Waals surface area contributed by atoms with Gasteiger partial charge in [0.25, 0.3) is 0 Å². The lowest BCUT2D eigenvalue weighted by molar-refractivity contribution is -0.0641. The van der Waals surface area contributed by atoms with Crippen LogP contribution in [-0.2, 0) is 14.2 Å². The van der Waals surface area contributed by atoms with Crippen LogP contribution in [0.15, 0.2) is 23.8 Å². The molecule has 9 atom stereocenters. The second kappa shape index (κ2) is 23.5. The van der Waals surface area contributed by atoms with Crippen LogP contribution < -0.4 is 0 Å². The molecule has 0 heterocycles. The maximum absolute atomic E-state index is 6.57. The van der Waals surface area contributed by atoms with E-state index in [1.807, 2.05) is 0 Å².